The summed E-state index contributed by atoms with van der Waals surface area (Å²) in [6.45, 7) is 6.98. The van der Waals surface area contributed by atoms with Crippen molar-refractivity contribution in [2.75, 3.05) is 13.2 Å². The predicted molar refractivity (Wildman–Crippen MR) is 50.1 cm³/mol. The lowest BCUT2D eigenvalue weighted by Gasteiger charge is -2.13. The molecule has 0 bridgehead atoms. The minimum atomic E-state index is -1.21. The molecule has 14 heavy (non-hydrogen) atoms. The van der Waals surface area contributed by atoms with Gasteiger partial charge in [-0.3, -0.25) is 9.59 Å². The lowest BCUT2D eigenvalue weighted by atomic mass is 10.1. The van der Waals surface area contributed by atoms with E-state index in [0.29, 0.717) is 0 Å². The largest absolute Gasteiger partial charge is 0.465 e. The summed E-state index contributed by atoms with van der Waals surface area (Å²) in [5.74, 6) is -2.66. The van der Waals surface area contributed by atoms with Crippen molar-refractivity contribution in [3.05, 3.63) is 12.3 Å². The number of hydrogen-bond acceptors (Lipinski definition) is 5. The average Bonchev–Trinajstić information content (AvgIpc) is 2.04. The Morgan fingerprint density at radius 2 is 1.57 bits per heavy atom. The molecular weight excluding hydrogens is 186 g/mol. The van der Waals surface area contributed by atoms with Crippen LogP contribution >= 0.6 is 0 Å². The molecular formula is C9H15NO4. The van der Waals surface area contributed by atoms with E-state index in [1.54, 1.807) is 13.8 Å². The molecule has 0 spiro atoms. The van der Waals surface area contributed by atoms with Crippen molar-refractivity contribution in [2.24, 2.45) is 11.7 Å². The van der Waals surface area contributed by atoms with Gasteiger partial charge in [0, 0.05) is 5.70 Å². The summed E-state index contributed by atoms with van der Waals surface area (Å²) in [5.41, 5.74) is 5.24. The van der Waals surface area contributed by atoms with Crippen molar-refractivity contribution in [1.82, 2.24) is 0 Å². The van der Waals surface area contributed by atoms with E-state index in [1.165, 1.54) is 0 Å². The van der Waals surface area contributed by atoms with Crippen molar-refractivity contribution in [3.8, 4) is 0 Å². The Balaban J connectivity index is 4.51. The molecule has 0 rings (SSSR count). The highest BCUT2D eigenvalue weighted by molar-refractivity contribution is 5.97. The van der Waals surface area contributed by atoms with Gasteiger partial charge in [-0.25, -0.2) is 0 Å². The minimum absolute atomic E-state index is 0.0677. The molecule has 80 valence electrons. The first kappa shape index (κ1) is 12.5. The Morgan fingerprint density at radius 3 is 1.79 bits per heavy atom. The molecule has 0 atom stereocenters. The Morgan fingerprint density at radius 1 is 1.21 bits per heavy atom. The van der Waals surface area contributed by atoms with Gasteiger partial charge in [-0.1, -0.05) is 6.58 Å². The molecule has 5 nitrogen and oxygen atoms in total. The van der Waals surface area contributed by atoms with Gasteiger partial charge in [0.2, 0.25) is 0 Å². The highest BCUT2D eigenvalue weighted by atomic mass is 16.6. The third kappa shape index (κ3) is 3.47. The Labute approximate surface area is 82.9 Å². The fourth-order valence-corrected chi connectivity index (χ4v) is 0.850. The normalized spacial score (nSPS) is 9.64. The number of carbonyl (C=O) groups excluding carboxylic acids is 2. The van der Waals surface area contributed by atoms with E-state index in [0.717, 1.165) is 0 Å². The lowest BCUT2D eigenvalue weighted by molar-refractivity contribution is -0.159. The molecule has 0 fully saturated rings. The van der Waals surface area contributed by atoms with Crippen LogP contribution in [0.5, 0.6) is 0 Å². The van der Waals surface area contributed by atoms with Crippen LogP contribution in [-0.2, 0) is 19.1 Å². The molecule has 0 aromatic rings. The van der Waals surface area contributed by atoms with E-state index in [2.05, 4.69) is 16.1 Å². The van der Waals surface area contributed by atoms with Crippen molar-refractivity contribution in [3.63, 3.8) is 0 Å². The molecule has 0 radical (unpaired) electrons. The summed E-state index contributed by atoms with van der Waals surface area (Å²) in [6, 6.07) is 0. The summed E-state index contributed by atoms with van der Waals surface area (Å²) >= 11 is 0. The van der Waals surface area contributed by atoms with Crippen LogP contribution in [-0.4, -0.2) is 25.2 Å². The number of rotatable bonds is 5. The van der Waals surface area contributed by atoms with E-state index < -0.39 is 17.9 Å². The van der Waals surface area contributed by atoms with Crippen LogP contribution in [0, 0.1) is 5.92 Å². The molecule has 0 amide bonds. The quantitative estimate of drug-likeness (QED) is 0.508. The summed E-state index contributed by atoms with van der Waals surface area (Å²) < 4.78 is 9.30. The third-order valence-electron chi connectivity index (χ3n) is 1.42. The minimum Gasteiger partial charge on any atom is -0.465 e. The van der Waals surface area contributed by atoms with Gasteiger partial charge in [0.25, 0.3) is 0 Å². The van der Waals surface area contributed by atoms with Crippen LogP contribution in [0.2, 0.25) is 0 Å². The first-order valence-corrected chi connectivity index (χ1v) is 4.32. The molecule has 0 aliphatic carbocycles. The van der Waals surface area contributed by atoms with Crippen LogP contribution in [0.25, 0.3) is 0 Å². The van der Waals surface area contributed by atoms with Gasteiger partial charge in [0.15, 0.2) is 5.92 Å². The van der Waals surface area contributed by atoms with Gasteiger partial charge in [0.1, 0.15) is 0 Å². The standard InChI is InChI=1S/C9H15NO4/c1-4-13-8(11)7(6(3)10)9(12)14-5-2/h7H,3-5,10H2,1-2H3. The smallest absolute Gasteiger partial charge is 0.326 e. The number of ether oxygens (including phenoxy) is 2. The second-order valence-electron chi connectivity index (χ2n) is 2.51. The van der Waals surface area contributed by atoms with Crippen LogP contribution in [0.3, 0.4) is 0 Å². The second-order valence-corrected chi connectivity index (χ2v) is 2.51. The summed E-state index contributed by atoms with van der Waals surface area (Å²) in [7, 11) is 0. The maximum Gasteiger partial charge on any atom is 0.326 e. The first-order chi connectivity index (χ1) is 6.54. The fraction of sp³-hybridized carbons (Fsp3) is 0.556. The highest BCUT2D eigenvalue weighted by Gasteiger charge is 2.30. The van der Waals surface area contributed by atoms with Gasteiger partial charge >= 0.3 is 11.9 Å². The predicted octanol–water partition coefficient (Wildman–Crippen LogP) is 0.201. The second kappa shape index (κ2) is 6.01. The van der Waals surface area contributed by atoms with Crippen LogP contribution in [0.4, 0.5) is 0 Å². The van der Waals surface area contributed by atoms with Crippen molar-refractivity contribution < 1.29 is 19.1 Å². The number of nitrogens with two attached hydrogens (primary N) is 1. The fourth-order valence-electron chi connectivity index (χ4n) is 0.850. The molecule has 0 aromatic carbocycles. The monoisotopic (exact) mass is 201 g/mol. The Kier molecular flexibility index (Phi) is 5.36. The molecule has 0 saturated carbocycles. The van der Waals surface area contributed by atoms with Crippen LogP contribution in [0.15, 0.2) is 12.3 Å². The molecule has 2 N–H and O–H groups in total. The van der Waals surface area contributed by atoms with Gasteiger partial charge in [-0.15, -0.1) is 0 Å². The maximum atomic E-state index is 11.2. The molecule has 0 aliphatic rings. The number of esters is 2. The Bertz CT molecular complexity index is 219. The molecule has 0 aliphatic heterocycles. The van der Waals surface area contributed by atoms with Crippen molar-refractivity contribution in [2.45, 2.75) is 13.8 Å². The van der Waals surface area contributed by atoms with Crippen LogP contribution in [0.1, 0.15) is 13.8 Å². The highest BCUT2D eigenvalue weighted by Crippen LogP contribution is 2.09. The molecule has 0 saturated heterocycles. The molecule has 0 aromatic heterocycles. The van der Waals surface area contributed by atoms with Crippen molar-refractivity contribution >= 4 is 11.9 Å². The average molecular weight is 201 g/mol. The summed E-state index contributed by atoms with van der Waals surface area (Å²) in [5, 5.41) is 0. The SMILES string of the molecule is C=C(N)C(C(=O)OCC)C(=O)OCC. The lowest BCUT2D eigenvalue weighted by Crippen LogP contribution is -2.32. The van der Waals surface area contributed by atoms with E-state index in [9.17, 15) is 9.59 Å². The van der Waals surface area contributed by atoms with Gasteiger partial charge in [-0.2, -0.15) is 0 Å². The first-order valence-electron chi connectivity index (χ1n) is 4.32. The number of hydrogen-bond donors (Lipinski definition) is 1. The summed E-state index contributed by atoms with van der Waals surface area (Å²) in [6.07, 6.45) is 0. The topological polar surface area (TPSA) is 78.6 Å². The van der Waals surface area contributed by atoms with Crippen molar-refractivity contribution in [1.29, 1.82) is 0 Å². The zero-order valence-corrected chi connectivity index (χ0v) is 8.41. The summed E-state index contributed by atoms with van der Waals surface area (Å²) in [4.78, 5) is 22.5. The zero-order chi connectivity index (χ0) is 11.1. The molecule has 0 heterocycles. The van der Waals surface area contributed by atoms with E-state index in [4.69, 9.17) is 5.73 Å². The van der Waals surface area contributed by atoms with E-state index in [-0.39, 0.29) is 18.9 Å². The van der Waals surface area contributed by atoms with Gasteiger partial charge < -0.3 is 15.2 Å². The Hall–Kier alpha value is -1.52. The third-order valence-corrected chi connectivity index (χ3v) is 1.42. The van der Waals surface area contributed by atoms with Crippen LogP contribution < -0.4 is 5.73 Å². The van der Waals surface area contributed by atoms with E-state index in [1.807, 2.05) is 0 Å². The van der Waals surface area contributed by atoms with Gasteiger partial charge in [0.05, 0.1) is 13.2 Å². The zero-order valence-electron chi connectivity index (χ0n) is 8.41. The molecule has 5 heteroatoms. The van der Waals surface area contributed by atoms with Gasteiger partial charge in [-0.05, 0) is 13.8 Å². The van der Waals surface area contributed by atoms with E-state index >= 15 is 0 Å². The molecule has 0 unspecified atom stereocenters. The maximum absolute atomic E-state index is 11.2. The number of carbonyl (C=O) groups is 2.